The smallest absolute Gasteiger partial charge is 0.260 e. The van der Waals surface area contributed by atoms with Crippen molar-refractivity contribution in [3.05, 3.63) is 82.4 Å². The van der Waals surface area contributed by atoms with Gasteiger partial charge < -0.3 is 19.5 Å². The minimum atomic E-state index is -0.314. The average molecular weight is 424 g/mol. The maximum absolute atomic E-state index is 13.1. The standard InChI is InChI=1S/C24H22ClNO4/c1-28-20-11-8-16(9-12-20)7-10-17-13-21(29-2)15-22(30-3)23(17)24(27)26-19-6-4-5-18(25)14-19/h4-15H,1-3H3,(H,26,27)/b10-7+. The number of nitrogens with one attached hydrogen (secondary N) is 1. The van der Waals surface area contributed by atoms with E-state index in [2.05, 4.69) is 5.32 Å². The molecule has 0 aliphatic heterocycles. The van der Waals surface area contributed by atoms with Crippen LogP contribution in [0.3, 0.4) is 0 Å². The van der Waals surface area contributed by atoms with Gasteiger partial charge in [0.15, 0.2) is 0 Å². The molecule has 0 saturated carbocycles. The first kappa shape index (κ1) is 21.3. The lowest BCUT2D eigenvalue weighted by Gasteiger charge is -2.14. The molecule has 3 rings (SSSR count). The molecular weight excluding hydrogens is 402 g/mol. The Balaban J connectivity index is 1.99. The maximum atomic E-state index is 13.1. The van der Waals surface area contributed by atoms with E-state index < -0.39 is 0 Å². The molecule has 6 heteroatoms. The van der Waals surface area contributed by atoms with E-state index in [1.54, 1.807) is 50.6 Å². The predicted molar refractivity (Wildman–Crippen MR) is 121 cm³/mol. The third kappa shape index (κ3) is 5.13. The molecule has 0 saturated heterocycles. The number of ether oxygens (including phenoxy) is 3. The molecule has 3 aromatic carbocycles. The van der Waals surface area contributed by atoms with Crippen molar-refractivity contribution in [2.45, 2.75) is 0 Å². The molecule has 154 valence electrons. The van der Waals surface area contributed by atoms with Crippen LogP contribution in [0, 0.1) is 0 Å². The maximum Gasteiger partial charge on any atom is 0.260 e. The van der Waals surface area contributed by atoms with Gasteiger partial charge in [-0.3, -0.25) is 4.79 Å². The van der Waals surface area contributed by atoms with Crippen LogP contribution in [0.4, 0.5) is 5.69 Å². The normalized spacial score (nSPS) is 10.7. The van der Waals surface area contributed by atoms with Gasteiger partial charge in [-0.15, -0.1) is 0 Å². The summed E-state index contributed by atoms with van der Waals surface area (Å²) in [5.74, 6) is 1.45. The lowest BCUT2D eigenvalue weighted by Crippen LogP contribution is -2.15. The minimum Gasteiger partial charge on any atom is -0.497 e. The molecule has 0 aliphatic rings. The van der Waals surface area contributed by atoms with Gasteiger partial charge in [0.2, 0.25) is 0 Å². The van der Waals surface area contributed by atoms with Crippen molar-refractivity contribution in [2.24, 2.45) is 0 Å². The highest BCUT2D eigenvalue weighted by atomic mass is 35.5. The average Bonchev–Trinajstić information content (AvgIpc) is 2.77. The summed E-state index contributed by atoms with van der Waals surface area (Å²) < 4.78 is 16.0. The van der Waals surface area contributed by atoms with Crippen molar-refractivity contribution in [2.75, 3.05) is 26.6 Å². The first-order chi connectivity index (χ1) is 14.5. The third-order valence-corrected chi connectivity index (χ3v) is 4.68. The molecule has 1 amide bonds. The van der Waals surface area contributed by atoms with Crippen LogP contribution in [0.1, 0.15) is 21.5 Å². The number of benzene rings is 3. The Kier molecular flexibility index (Phi) is 6.99. The van der Waals surface area contributed by atoms with Crippen molar-refractivity contribution >= 4 is 35.3 Å². The number of methoxy groups -OCH3 is 3. The SMILES string of the molecule is COc1ccc(/C=C/c2cc(OC)cc(OC)c2C(=O)Nc2cccc(Cl)c2)cc1. The van der Waals surface area contributed by atoms with Crippen LogP contribution in [0.25, 0.3) is 12.2 Å². The lowest BCUT2D eigenvalue weighted by molar-refractivity contribution is 0.102. The van der Waals surface area contributed by atoms with Crippen LogP contribution in [0.5, 0.6) is 17.2 Å². The summed E-state index contributed by atoms with van der Waals surface area (Å²) >= 11 is 6.03. The summed E-state index contributed by atoms with van der Waals surface area (Å²) in [6.07, 6.45) is 3.75. The monoisotopic (exact) mass is 423 g/mol. The second-order valence-corrected chi connectivity index (χ2v) is 6.80. The number of rotatable bonds is 7. The van der Waals surface area contributed by atoms with E-state index in [0.717, 1.165) is 11.3 Å². The van der Waals surface area contributed by atoms with E-state index in [4.69, 9.17) is 25.8 Å². The quantitative estimate of drug-likeness (QED) is 0.489. The van der Waals surface area contributed by atoms with Gasteiger partial charge in [0.1, 0.15) is 17.2 Å². The van der Waals surface area contributed by atoms with Gasteiger partial charge in [-0.2, -0.15) is 0 Å². The van der Waals surface area contributed by atoms with E-state index in [-0.39, 0.29) is 5.91 Å². The van der Waals surface area contributed by atoms with Crippen molar-refractivity contribution in [1.82, 2.24) is 0 Å². The van der Waals surface area contributed by atoms with E-state index in [1.165, 1.54) is 7.11 Å². The number of amides is 1. The number of carbonyl (C=O) groups is 1. The molecule has 0 radical (unpaired) electrons. The van der Waals surface area contributed by atoms with Crippen molar-refractivity contribution in [3.8, 4) is 17.2 Å². The molecule has 0 fully saturated rings. The van der Waals surface area contributed by atoms with Crippen molar-refractivity contribution in [3.63, 3.8) is 0 Å². The first-order valence-electron chi connectivity index (χ1n) is 9.19. The molecule has 1 N–H and O–H groups in total. The fraction of sp³-hybridized carbons (Fsp3) is 0.125. The van der Waals surface area contributed by atoms with Gasteiger partial charge in [-0.25, -0.2) is 0 Å². The van der Waals surface area contributed by atoms with Gasteiger partial charge in [0.25, 0.3) is 5.91 Å². The number of halogens is 1. The molecule has 30 heavy (non-hydrogen) atoms. The van der Waals surface area contributed by atoms with Gasteiger partial charge in [-0.05, 0) is 47.5 Å². The topological polar surface area (TPSA) is 56.8 Å². The van der Waals surface area contributed by atoms with Crippen molar-refractivity contribution < 1.29 is 19.0 Å². The Morgan fingerprint density at radius 2 is 1.60 bits per heavy atom. The molecule has 0 aromatic heterocycles. The Bertz CT molecular complexity index is 1060. The van der Waals surface area contributed by atoms with E-state index in [1.807, 2.05) is 36.4 Å². The summed E-state index contributed by atoms with van der Waals surface area (Å²) in [7, 11) is 4.71. The summed E-state index contributed by atoms with van der Waals surface area (Å²) in [5, 5.41) is 3.41. The highest BCUT2D eigenvalue weighted by Gasteiger charge is 2.18. The van der Waals surface area contributed by atoms with Crippen LogP contribution in [0.2, 0.25) is 5.02 Å². The second kappa shape index (κ2) is 9.85. The first-order valence-corrected chi connectivity index (χ1v) is 9.57. The number of anilines is 1. The van der Waals surface area contributed by atoms with Gasteiger partial charge in [0, 0.05) is 16.8 Å². The predicted octanol–water partition coefficient (Wildman–Crippen LogP) is 5.79. The molecule has 5 nitrogen and oxygen atoms in total. The number of hydrogen-bond acceptors (Lipinski definition) is 4. The molecular formula is C24H22ClNO4. The lowest BCUT2D eigenvalue weighted by atomic mass is 10.0. The largest absolute Gasteiger partial charge is 0.497 e. The Morgan fingerprint density at radius 1 is 0.867 bits per heavy atom. The zero-order valence-electron chi connectivity index (χ0n) is 16.9. The zero-order valence-corrected chi connectivity index (χ0v) is 17.7. The molecule has 0 bridgehead atoms. The van der Waals surface area contributed by atoms with Gasteiger partial charge >= 0.3 is 0 Å². The van der Waals surface area contributed by atoms with E-state index >= 15 is 0 Å². The molecule has 0 unspecified atom stereocenters. The summed E-state index contributed by atoms with van der Waals surface area (Å²) in [4.78, 5) is 13.1. The van der Waals surface area contributed by atoms with Crippen LogP contribution in [-0.4, -0.2) is 27.2 Å². The molecule has 0 heterocycles. The zero-order chi connectivity index (χ0) is 21.5. The summed E-state index contributed by atoms with van der Waals surface area (Å²) in [5.41, 5.74) is 2.60. The van der Waals surface area contributed by atoms with E-state index in [9.17, 15) is 4.79 Å². The highest BCUT2D eigenvalue weighted by molar-refractivity contribution is 6.31. The summed E-state index contributed by atoms with van der Waals surface area (Å²) in [6, 6.07) is 18.0. The Hall–Kier alpha value is -3.44. The van der Waals surface area contributed by atoms with Gasteiger partial charge in [0.05, 0.1) is 26.9 Å². The van der Waals surface area contributed by atoms with Crippen molar-refractivity contribution in [1.29, 1.82) is 0 Å². The third-order valence-electron chi connectivity index (χ3n) is 4.44. The van der Waals surface area contributed by atoms with Gasteiger partial charge in [-0.1, -0.05) is 42.0 Å². The molecule has 3 aromatic rings. The number of hydrogen-bond donors (Lipinski definition) is 1. The second-order valence-electron chi connectivity index (χ2n) is 6.36. The highest BCUT2D eigenvalue weighted by Crippen LogP contribution is 2.31. The van der Waals surface area contributed by atoms with Crippen LogP contribution in [0.15, 0.2) is 60.7 Å². The van der Waals surface area contributed by atoms with Crippen LogP contribution in [-0.2, 0) is 0 Å². The molecule has 0 spiro atoms. The van der Waals surface area contributed by atoms with Crippen LogP contribution < -0.4 is 19.5 Å². The minimum absolute atomic E-state index is 0.314. The van der Waals surface area contributed by atoms with Crippen LogP contribution >= 0.6 is 11.6 Å². The fourth-order valence-electron chi connectivity index (χ4n) is 2.92. The Morgan fingerprint density at radius 3 is 2.23 bits per heavy atom. The van der Waals surface area contributed by atoms with E-state index in [0.29, 0.717) is 33.3 Å². The summed E-state index contributed by atoms with van der Waals surface area (Å²) in [6.45, 7) is 0. The molecule has 0 atom stereocenters. The fourth-order valence-corrected chi connectivity index (χ4v) is 3.12. The number of carbonyl (C=O) groups excluding carboxylic acids is 1. The molecule has 0 aliphatic carbocycles. The Labute approximate surface area is 180 Å².